The first-order valence-corrected chi connectivity index (χ1v) is 6.05. The Morgan fingerprint density at radius 2 is 2.06 bits per heavy atom. The lowest BCUT2D eigenvalue weighted by molar-refractivity contribution is 0.0518. The number of carbonyl (C=O) groups is 1. The molecule has 0 radical (unpaired) electrons. The van der Waals surface area contributed by atoms with E-state index in [0.717, 1.165) is 24.1 Å². The topological polar surface area (TPSA) is 64.2 Å². The van der Waals surface area contributed by atoms with Crippen molar-refractivity contribution < 1.29 is 14.3 Å². The number of aromatic nitrogens is 2. The van der Waals surface area contributed by atoms with Gasteiger partial charge in [-0.25, -0.2) is 4.79 Å². The van der Waals surface area contributed by atoms with Crippen LogP contribution in [0.1, 0.15) is 48.9 Å². The van der Waals surface area contributed by atoms with Gasteiger partial charge in [0.2, 0.25) is 0 Å². The zero-order chi connectivity index (χ0) is 12.7. The van der Waals surface area contributed by atoms with Crippen LogP contribution in [0, 0.1) is 0 Å². The summed E-state index contributed by atoms with van der Waals surface area (Å²) in [6, 6.07) is 0. The number of H-pyrrole nitrogens is 1. The Morgan fingerprint density at radius 3 is 2.65 bits per heavy atom. The van der Waals surface area contributed by atoms with Crippen molar-refractivity contribution in [2.24, 2.45) is 0 Å². The van der Waals surface area contributed by atoms with Gasteiger partial charge in [-0.15, -0.1) is 0 Å². The van der Waals surface area contributed by atoms with Gasteiger partial charge in [-0.3, -0.25) is 5.10 Å². The first-order chi connectivity index (χ1) is 8.24. The van der Waals surface area contributed by atoms with Gasteiger partial charge in [0.1, 0.15) is 0 Å². The molecule has 1 aromatic heterocycles. The Hall–Kier alpha value is -1.36. The molecule has 0 amide bonds. The summed E-state index contributed by atoms with van der Waals surface area (Å²) in [4.78, 5) is 11.7. The van der Waals surface area contributed by atoms with Crippen LogP contribution < -0.4 is 0 Å². The number of esters is 1. The van der Waals surface area contributed by atoms with Crippen molar-refractivity contribution in [1.82, 2.24) is 10.2 Å². The van der Waals surface area contributed by atoms with Crippen molar-refractivity contribution in [2.75, 3.05) is 13.2 Å². The van der Waals surface area contributed by atoms with Crippen LogP contribution >= 0.6 is 0 Å². The molecule has 1 rings (SSSR count). The van der Waals surface area contributed by atoms with E-state index >= 15 is 0 Å². The third kappa shape index (κ3) is 3.56. The van der Waals surface area contributed by atoms with Crippen LogP contribution in [0.4, 0.5) is 0 Å². The first kappa shape index (κ1) is 13.7. The van der Waals surface area contributed by atoms with Crippen LogP contribution in [0.3, 0.4) is 0 Å². The fraction of sp³-hybridized carbons (Fsp3) is 0.667. The Bertz CT molecular complexity index is 361. The van der Waals surface area contributed by atoms with Crippen LogP contribution in [0.2, 0.25) is 0 Å². The predicted octanol–water partition coefficient (Wildman–Crippen LogP) is 2.08. The molecule has 0 unspecified atom stereocenters. The molecule has 0 spiro atoms. The standard InChI is InChI=1S/C12H20N2O3/c1-4-7-9-10(8-16-5-2)13-14-11(9)12(15)17-6-3/h4-8H2,1-3H3,(H,13,14). The van der Waals surface area contributed by atoms with Crippen molar-refractivity contribution >= 4 is 5.97 Å². The summed E-state index contributed by atoms with van der Waals surface area (Å²) in [6.45, 7) is 7.23. The normalized spacial score (nSPS) is 10.5. The highest BCUT2D eigenvalue weighted by molar-refractivity contribution is 5.89. The number of carbonyl (C=O) groups excluding carboxylic acids is 1. The number of hydrogen-bond acceptors (Lipinski definition) is 4. The zero-order valence-electron chi connectivity index (χ0n) is 10.7. The molecule has 5 nitrogen and oxygen atoms in total. The van der Waals surface area contributed by atoms with E-state index in [1.54, 1.807) is 6.92 Å². The van der Waals surface area contributed by atoms with Gasteiger partial charge in [-0.05, 0) is 20.3 Å². The van der Waals surface area contributed by atoms with Crippen molar-refractivity contribution in [3.8, 4) is 0 Å². The Labute approximate surface area is 102 Å². The number of nitrogens with one attached hydrogen (secondary N) is 1. The maximum Gasteiger partial charge on any atom is 0.359 e. The molecule has 5 heteroatoms. The van der Waals surface area contributed by atoms with Crippen molar-refractivity contribution in [2.45, 2.75) is 40.2 Å². The quantitative estimate of drug-likeness (QED) is 0.741. The van der Waals surface area contributed by atoms with E-state index in [-0.39, 0.29) is 5.97 Å². The Balaban J connectivity index is 2.88. The van der Waals surface area contributed by atoms with Gasteiger partial charge in [0.05, 0.1) is 18.9 Å². The molecule has 0 fully saturated rings. The minimum absolute atomic E-state index is 0.359. The Morgan fingerprint density at radius 1 is 1.29 bits per heavy atom. The Kier molecular flexibility index (Phi) is 5.69. The lowest BCUT2D eigenvalue weighted by atomic mass is 10.1. The van der Waals surface area contributed by atoms with Crippen molar-refractivity contribution in [3.05, 3.63) is 17.0 Å². The van der Waals surface area contributed by atoms with Gasteiger partial charge in [0.15, 0.2) is 5.69 Å². The van der Waals surface area contributed by atoms with Gasteiger partial charge in [-0.1, -0.05) is 13.3 Å². The average molecular weight is 240 g/mol. The smallest absolute Gasteiger partial charge is 0.359 e. The number of aromatic amines is 1. The number of nitrogens with zero attached hydrogens (tertiary/aromatic N) is 1. The molecule has 1 heterocycles. The second-order valence-electron chi connectivity index (χ2n) is 3.64. The monoisotopic (exact) mass is 240 g/mol. The van der Waals surface area contributed by atoms with Crippen molar-refractivity contribution in [3.63, 3.8) is 0 Å². The fourth-order valence-corrected chi connectivity index (χ4v) is 1.61. The van der Waals surface area contributed by atoms with Crippen LogP contribution in [0.5, 0.6) is 0 Å². The van der Waals surface area contributed by atoms with Crippen LogP contribution in [0.25, 0.3) is 0 Å². The highest BCUT2D eigenvalue weighted by Gasteiger charge is 2.19. The molecule has 0 atom stereocenters. The van der Waals surface area contributed by atoms with Crippen LogP contribution in [0.15, 0.2) is 0 Å². The maximum absolute atomic E-state index is 11.7. The van der Waals surface area contributed by atoms with E-state index in [9.17, 15) is 4.79 Å². The molecule has 0 saturated heterocycles. The molecule has 0 aliphatic rings. The molecule has 96 valence electrons. The van der Waals surface area contributed by atoms with Gasteiger partial charge in [0.25, 0.3) is 0 Å². The second-order valence-corrected chi connectivity index (χ2v) is 3.64. The summed E-state index contributed by atoms with van der Waals surface area (Å²) in [5, 5.41) is 6.88. The molecule has 1 N–H and O–H groups in total. The van der Waals surface area contributed by atoms with Crippen LogP contribution in [-0.2, 0) is 22.5 Å². The zero-order valence-corrected chi connectivity index (χ0v) is 10.7. The molecule has 0 bridgehead atoms. The van der Waals surface area contributed by atoms with Gasteiger partial charge in [-0.2, -0.15) is 5.10 Å². The van der Waals surface area contributed by atoms with Gasteiger partial charge >= 0.3 is 5.97 Å². The third-order valence-corrected chi connectivity index (χ3v) is 2.37. The summed E-state index contributed by atoms with van der Waals surface area (Å²) in [5.41, 5.74) is 2.18. The van der Waals surface area contributed by atoms with E-state index in [1.165, 1.54) is 0 Å². The number of rotatable bonds is 7. The molecular weight excluding hydrogens is 220 g/mol. The van der Waals surface area contributed by atoms with E-state index in [4.69, 9.17) is 9.47 Å². The van der Waals surface area contributed by atoms with Crippen molar-refractivity contribution in [1.29, 1.82) is 0 Å². The average Bonchev–Trinajstić information content (AvgIpc) is 2.70. The molecule has 0 saturated carbocycles. The van der Waals surface area contributed by atoms with E-state index in [1.807, 2.05) is 6.92 Å². The lowest BCUT2D eigenvalue weighted by Crippen LogP contribution is -2.08. The van der Waals surface area contributed by atoms with E-state index in [2.05, 4.69) is 17.1 Å². The number of hydrogen-bond donors (Lipinski definition) is 1. The van der Waals surface area contributed by atoms with Gasteiger partial charge in [0, 0.05) is 12.2 Å². The van der Waals surface area contributed by atoms with E-state index in [0.29, 0.717) is 25.5 Å². The fourth-order valence-electron chi connectivity index (χ4n) is 1.61. The summed E-state index contributed by atoms with van der Waals surface area (Å²) in [5.74, 6) is -0.366. The molecule has 0 aliphatic carbocycles. The second kappa shape index (κ2) is 7.06. The van der Waals surface area contributed by atoms with Crippen LogP contribution in [-0.4, -0.2) is 29.4 Å². The number of ether oxygens (including phenoxy) is 2. The lowest BCUT2D eigenvalue weighted by Gasteiger charge is -2.04. The SMILES string of the molecule is CCCc1c(C(=O)OCC)n[nH]c1COCC. The molecule has 1 aromatic rings. The highest BCUT2D eigenvalue weighted by atomic mass is 16.5. The maximum atomic E-state index is 11.7. The largest absolute Gasteiger partial charge is 0.461 e. The third-order valence-electron chi connectivity index (χ3n) is 2.37. The summed E-state index contributed by atoms with van der Waals surface area (Å²) >= 11 is 0. The minimum atomic E-state index is -0.366. The van der Waals surface area contributed by atoms with Gasteiger partial charge < -0.3 is 9.47 Å². The highest BCUT2D eigenvalue weighted by Crippen LogP contribution is 2.16. The summed E-state index contributed by atoms with van der Waals surface area (Å²) < 4.78 is 10.3. The summed E-state index contributed by atoms with van der Waals surface area (Å²) in [7, 11) is 0. The molecule has 0 aliphatic heterocycles. The molecular formula is C12H20N2O3. The molecule has 0 aromatic carbocycles. The first-order valence-electron chi connectivity index (χ1n) is 6.05. The minimum Gasteiger partial charge on any atom is -0.461 e. The predicted molar refractivity (Wildman–Crippen MR) is 63.9 cm³/mol. The van der Waals surface area contributed by atoms with E-state index < -0.39 is 0 Å². The summed E-state index contributed by atoms with van der Waals surface area (Å²) in [6.07, 6.45) is 1.75. The molecule has 17 heavy (non-hydrogen) atoms.